The third kappa shape index (κ3) is 4.71. The van der Waals surface area contributed by atoms with Gasteiger partial charge in [0.05, 0.1) is 14.2 Å². The Morgan fingerprint density at radius 2 is 1.62 bits per heavy atom. The van der Waals surface area contributed by atoms with Gasteiger partial charge in [0.1, 0.15) is 6.04 Å². The molecule has 1 aromatic rings. The lowest BCUT2D eigenvalue weighted by Crippen LogP contribution is -2.44. The first-order valence-corrected chi connectivity index (χ1v) is 6.95. The van der Waals surface area contributed by atoms with Crippen molar-refractivity contribution in [3.63, 3.8) is 0 Å². The van der Waals surface area contributed by atoms with Crippen LogP contribution in [0.15, 0.2) is 12.1 Å². The fourth-order valence-electron chi connectivity index (χ4n) is 1.95. The molecule has 2 N–H and O–H groups in total. The number of ether oxygens (including phenoxy) is 3. The summed E-state index contributed by atoms with van der Waals surface area (Å²) in [4.78, 5) is 23.4. The highest BCUT2D eigenvalue weighted by atomic mass is 19.3. The lowest BCUT2D eigenvalue weighted by atomic mass is 10.0. The second-order valence-corrected chi connectivity index (χ2v) is 5.12. The zero-order valence-corrected chi connectivity index (χ0v) is 13.6. The average Bonchev–Trinajstić information content (AvgIpc) is 2.51. The Morgan fingerprint density at radius 1 is 1.12 bits per heavy atom. The molecule has 0 aliphatic carbocycles. The number of benzene rings is 1. The molecule has 0 spiro atoms. The minimum absolute atomic E-state index is 0.0165. The van der Waals surface area contributed by atoms with Crippen LogP contribution in [0.1, 0.15) is 24.2 Å². The molecule has 0 bridgehead atoms. The van der Waals surface area contributed by atoms with E-state index in [1.54, 1.807) is 13.8 Å². The van der Waals surface area contributed by atoms with Crippen LogP contribution in [0, 0.1) is 5.92 Å². The Bertz CT molecular complexity index is 581. The number of aliphatic carboxylic acids is 1. The number of nitrogens with one attached hydrogen (secondary N) is 1. The molecular weight excluding hydrogens is 328 g/mol. The third-order valence-corrected chi connectivity index (χ3v) is 3.15. The maximum Gasteiger partial charge on any atom is 0.387 e. The van der Waals surface area contributed by atoms with E-state index in [2.05, 4.69) is 10.1 Å². The van der Waals surface area contributed by atoms with Crippen LogP contribution in [0.4, 0.5) is 8.78 Å². The normalized spacial score (nSPS) is 12.0. The second kappa shape index (κ2) is 8.32. The van der Waals surface area contributed by atoms with E-state index in [0.717, 1.165) is 12.1 Å². The third-order valence-electron chi connectivity index (χ3n) is 3.15. The molecule has 1 atom stereocenters. The van der Waals surface area contributed by atoms with Gasteiger partial charge in [0.25, 0.3) is 5.91 Å². The highest BCUT2D eigenvalue weighted by Gasteiger charge is 2.26. The molecule has 1 aromatic carbocycles. The number of methoxy groups -OCH3 is 2. The minimum atomic E-state index is -3.11. The predicted molar refractivity (Wildman–Crippen MR) is 79.9 cm³/mol. The molecule has 0 aliphatic heterocycles. The van der Waals surface area contributed by atoms with Crippen LogP contribution in [0.5, 0.6) is 17.2 Å². The van der Waals surface area contributed by atoms with Crippen LogP contribution in [0.2, 0.25) is 0 Å². The van der Waals surface area contributed by atoms with Gasteiger partial charge in [-0.2, -0.15) is 8.78 Å². The molecule has 1 amide bonds. The maximum absolute atomic E-state index is 12.5. The molecule has 0 aliphatic rings. The topological polar surface area (TPSA) is 94.1 Å². The summed E-state index contributed by atoms with van der Waals surface area (Å²) in [5.41, 5.74) is -0.0165. The molecule has 9 heteroatoms. The standard InChI is InChI=1S/C15H19F2NO6/c1-7(2)11(14(20)21)18-13(19)8-5-9(22-3)12(24-15(16)17)10(6-8)23-4/h5-7,11,15H,1-4H3,(H,18,19)(H,20,21)/t11-/m0/s1. The number of carboxylic acids is 1. The summed E-state index contributed by atoms with van der Waals surface area (Å²) >= 11 is 0. The van der Waals surface area contributed by atoms with Crippen molar-refractivity contribution in [1.29, 1.82) is 0 Å². The van der Waals surface area contributed by atoms with Crippen molar-refractivity contribution in [3.05, 3.63) is 17.7 Å². The quantitative estimate of drug-likeness (QED) is 0.748. The van der Waals surface area contributed by atoms with Gasteiger partial charge in [0, 0.05) is 5.56 Å². The minimum Gasteiger partial charge on any atom is -0.493 e. The van der Waals surface area contributed by atoms with Crippen LogP contribution in [-0.4, -0.2) is 43.9 Å². The van der Waals surface area contributed by atoms with E-state index >= 15 is 0 Å². The Balaban J connectivity index is 3.20. The van der Waals surface area contributed by atoms with Gasteiger partial charge >= 0.3 is 12.6 Å². The number of alkyl halides is 2. The van der Waals surface area contributed by atoms with Gasteiger partial charge in [-0.3, -0.25) is 4.79 Å². The van der Waals surface area contributed by atoms with Gasteiger partial charge in [0.15, 0.2) is 11.5 Å². The molecule has 0 saturated heterocycles. The Morgan fingerprint density at radius 3 is 1.96 bits per heavy atom. The number of carbonyl (C=O) groups is 2. The molecule has 134 valence electrons. The molecule has 24 heavy (non-hydrogen) atoms. The van der Waals surface area contributed by atoms with Gasteiger partial charge in [-0.25, -0.2) is 4.79 Å². The fraction of sp³-hybridized carbons (Fsp3) is 0.467. The Labute approximate surface area is 137 Å². The zero-order valence-electron chi connectivity index (χ0n) is 13.6. The molecule has 0 radical (unpaired) electrons. The Kier molecular flexibility index (Phi) is 6.75. The van der Waals surface area contributed by atoms with Crippen LogP contribution in [0.3, 0.4) is 0 Å². The lowest BCUT2D eigenvalue weighted by Gasteiger charge is -2.19. The largest absolute Gasteiger partial charge is 0.493 e. The summed E-state index contributed by atoms with van der Waals surface area (Å²) < 4.78 is 39.2. The number of rotatable bonds is 8. The first-order valence-electron chi connectivity index (χ1n) is 6.95. The van der Waals surface area contributed by atoms with Gasteiger partial charge in [-0.1, -0.05) is 13.8 Å². The number of halogens is 2. The van der Waals surface area contributed by atoms with Gasteiger partial charge < -0.3 is 24.6 Å². The summed E-state index contributed by atoms with van der Waals surface area (Å²) in [7, 11) is 2.42. The molecule has 1 rings (SSSR count). The van der Waals surface area contributed by atoms with Crippen molar-refractivity contribution in [2.45, 2.75) is 26.5 Å². The summed E-state index contributed by atoms with van der Waals surface area (Å²) in [6.45, 7) is 0.171. The van der Waals surface area contributed by atoms with E-state index in [-0.39, 0.29) is 28.7 Å². The van der Waals surface area contributed by atoms with Crippen LogP contribution in [0.25, 0.3) is 0 Å². The van der Waals surface area contributed by atoms with Crippen molar-refractivity contribution in [3.8, 4) is 17.2 Å². The SMILES string of the molecule is COc1cc(C(=O)N[C@H](C(=O)O)C(C)C)cc(OC)c1OC(F)F. The van der Waals surface area contributed by atoms with E-state index in [9.17, 15) is 18.4 Å². The van der Waals surface area contributed by atoms with E-state index < -0.39 is 24.5 Å². The lowest BCUT2D eigenvalue weighted by molar-refractivity contribution is -0.140. The van der Waals surface area contributed by atoms with E-state index in [1.165, 1.54) is 14.2 Å². The number of carbonyl (C=O) groups excluding carboxylic acids is 1. The molecule has 7 nitrogen and oxygen atoms in total. The van der Waals surface area contributed by atoms with Crippen molar-refractivity contribution in [1.82, 2.24) is 5.32 Å². The summed E-state index contributed by atoms with van der Waals surface area (Å²) in [6, 6.07) is 1.22. The van der Waals surface area contributed by atoms with Crippen molar-refractivity contribution in [2.75, 3.05) is 14.2 Å². The van der Waals surface area contributed by atoms with Crippen LogP contribution < -0.4 is 19.5 Å². The maximum atomic E-state index is 12.5. The fourth-order valence-corrected chi connectivity index (χ4v) is 1.95. The van der Waals surface area contributed by atoms with Crippen molar-refractivity contribution >= 4 is 11.9 Å². The monoisotopic (exact) mass is 347 g/mol. The van der Waals surface area contributed by atoms with E-state index in [0.29, 0.717) is 0 Å². The molecule has 0 saturated carbocycles. The van der Waals surface area contributed by atoms with Crippen molar-refractivity contribution in [2.24, 2.45) is 5.92 Å². The molecule has 0 aromatic heterocycles. The highest BCUT2D eigenvalue weighted by Crippen LogP contribution is 2.39. The average molecular weight is 347 g/mol. The summed E-state index contributed by atoms with van der Waals surface area (Å²) in [5.74, 6) is -2.89. The number of carboxylic acid groups (broad SMARTS) is 1. The Hall–Kier alpha value is -2.58. The van der Waals surface area contributed by atoms with Crippen LogP contribution >= 0.6 is 0 Å². The first-order chi connectivity index (χ1) is 11.2. The van der Waals surface area contributed by atoms with E-state index in [4.69, 9.17) is 14.6 Å². The van der Waals surface area contributed by atoms with E-state index in [1.807, 2.05) is 0 Å². The van der Waals surface area contributed by atoms with Gasteiger partial charge in [-0.05, 0) is 18.1 Å². The number of hydrogen-bond donors (Lipinski definition) is 2. The second-order valence-electron chi connectivity index (χ2n) is 5.12. The molecule has 0 heterocycles. The van der Waals surface area contributed by atoms with Crippen LogP contribution in [-0.2, 0) is 4.79 Å². The molecular formula is C15H19F2NO6. The summed E-state index contributed by atoms with van der Waals surface area (Å²) in [5, 5.41) is 11.5. The summed E-state index contributed by atoms with van der Waals surface area (Å²) in [6.07, 6.45) is 0. The van der Waals surface area contributed by atoms with Gasteiger partial charge in [0.2, 0.25) is 5.75 Å². The molecule has 0 unspecified atom stereocenters. The smallest absolute Gasteiger partial charge is 0.387 e. The highest BCUT2D eigenvalue weighted by molar-refractivity contribution is 5.97. The zero-order chi connectivity index (χ0) is 18.4. The predicted octanol–water partition coefficient (Wildman–Crippen LogP) is 2.14. The number of hydrogen-bond acceptors (Lipinski definition) is 5. The molecule has 0 fully saturated rings. The van der Waals surface area contributed by atoms with Gasteiger partial charge in [-0.15, -0.1) is 0 Å². The number of amides is 1. The first kappa shape index (κ1) is 19.5. The van der Waals surface area contributed by atoms with Crippen molar-refractivity contribution < 1.29 is 37.7 Å².